The number of hydrogen-bond donors (Lipinski definition) is 0. The van der Waals surface area contributed by atoms with Crippen LogP contribution in [0.3, 0.4) is 0 Å². The molecule has 0 saturated carbocycles. The molecular formula is C23H34BClN2O5. The van der Waals surface area contributed by atoms with Gasteiger partial charge in [-0.2, -0.15) is 0 Å². The summed E-state index contributed by atoms with van der Waals surface area (Å²) in [5.74, 6) is -0.150. The van der Waals surface area contributed by atoms with Crippen molar-refractivity contribution in [2.24, 2.45) is 0 Å². The summed E-state index contributed by atoms with van der Waals surface area (Å²) in [6.45, 7) is 14.4. The zero-order valence-corrected chi connectivity index (χ0v) is 21.1. The van der Waals surface area contributed by atoms with Crippen molar-refractivity contribution in [1.82, 2.24) is 9.80 Å². The lowest BCUT2D eigenvalue weighted by molar-refractivity contribution is 0.00578. The minimum absolute atomic E-state index is 0.0865. The fourth-order valence-corrected chi connectivity index (χ4v) is 4.01. The van der Waals surface area contributed by atoms with Gasteiger partial charge in [0.15, 0.2) is 0 Å². The van der Waals surface area contributed by atoms with E-state index in [4.69, 9.17) is 25.6 Å². The van der Waals surface area contributed by atoms with E-state index in [1.54, 1.807) is 35.0 Å². The van der Waals surface area contributed by atoms with Crippen molar-refractivity contribution < 1.29 is 23.6 Å². The molecular weight excluding hydrogens is 431 g/mol. The maximum atomic E-state index is 13.1. The van der Waals surface area contributed by atoms with Crippen molar-refractivity contribution in [2.75, 3.05) is 20.1 Å². The number of amides is 2. The van der Waals surface area contributed by atoms with Crippen LogP contribution in [0.5, 0.6) is 0 Å². The first kappa shape index (κ1) is 24.9. The Kier molecular flexibility index (Phi) is 6.64. The molecule has 1 aromatic rings. The maximum absolute atomic E-state index is 13.1. The number of nitrogens with zero attached hydrogens (tertiary/aromatic N) is 2. The van der Waals surface area contributed by atoms with Crippen molar-refractivity contribution in [3.63, 3.8) is 0 Å². The molecule has 0 spiro atoms. The van der Waals surface area contributed by atoms with Gasteiger partial charge in [-0.05, 0) is 67.0 Å². The highest BCUT2D eigenvalue weighted by molar-refractivity contribution is 6.65. The van der Waals surface area contributed by atoms with Crippen LogP contribution in [0.1, 0.15) is 65.2 Å². The number of benzene rings is 1. The van der Waals surface area contributed by atoms with Gasteiger partial charge in [0.2, 0.25) is 0 Å². The van der Waals surface area contributed by atoms with Gasteiger partial charge in [-0.3, -0.25) is 4.79 Å². The first-order chi connectivity index (χ1) is 14.6. The largest absolute Gasteiger partial charge is 0.496 e. The molecule has 2 saturated heterocycles. The summed E-state index contributed by atoms with van der Waals surface area (Å²) in [5.41, 5.74) is -0.321. The van der Waals surface area contributed by atoms with Crippen LogP contribution in [0, 0.1) is 0 Å². The van der Waals surface area contributed by atoms with E-state index in [-0.39, 0.29) is 18.0 Å². The number of ether oxygens (including phenoxy) is 1. The van der Waals surface area contributed by atoms with Gasteiger partial charge in [0, 0.05) is 36.2 Å². The van der Waals surface area contributed by atoms with E-state index in [1.807, 2.05) is 48.5 Å². The van der Waals surface area contributed by atoms with E-state index in [1.165, 1.54) is 0 Å². The minimum Gasteiger partial charge on any atom is -0.444 e. The predicted octanol–water partition coefficient (Wildman–Crippen LogP) is 3.72. The average Bonchev–Trinajstić information content (AvgIpc) is 3.22. The Morgan fingerprint density at radius 2 is 1.78 bits per heavy atom. The van der Waals surface area contributed by atoms with Gasteiger partial charge in [0.25, 0.3) is 5.91 Å². The Balaban J connectivity index is 1.67. The highest BCUT2D eigenvalue weighted by Gasteiger charge is 2.52. The second kappa shape index (κ2) is 8.54. The molecule has 0 bridgehead atoms. The van der Waals surface area contributed by atoms with Crippen molar-refractivity contribution in [2.45, 2.75) is 77.7 Å². The van der Waals surface area contributed by atoms with Gasteiger partial charge in [0.05, 0.1) is 17.2 Å². The molecule has 0 N–H and O–H groups in total. The molecule has 0 aromatic heterocycles. The first-order valence-corrected chi connectivity index (χ1v) is 11.4. The van der Waals surface area contributed by atoms with Crippen molar-refractivity contribution in [3.8, 4) is 0 Å². The molecule has 2 aliphatic rings. The van der Waals surface area contributed by atoms with E-state index >= 15 is 0 Å². The molecule has 2 amide bonds. The smallest absolute Gasteiger partial charge is 0.444 e. The summed E-state index contributed by atoms with van der Waals surface area (Å²) < 4.78 is 17.6. The summed E-state index contributed by atoms with van der Waals surface area (Å²) in [6, 6.07) is 5.09. The number of likely N-dealkylation sites (tertiary alicyclic amines) is 1. The topological polar surface area (TPSA) is 68.3 Å². The van der Waals surface area contributed by atoms with E-state index in [0.717, 1.165) is 0 Å². The lowest BCUT2D eigenvalue weighted by Gasteiger charge is -2.32. The van der Waals surface area contributed by atoms with Crippen LogP contribution in [0.15, 0.2) is 18.2 Å². The number of carbonyl (C=O) groups is 2. The fraction of sp³-hybridized carbons (Fsp3) is 0.652. The SMILES string of the molecule is CN(C(=O)c1ccc(B2OC(C)(C)C(C)(C)O2)c(Cl)c1)C1CCN(C(=O)OC(C)(C)C)C1. The third-order valence-electron chi connectivity index (χ3n) is 6.44. The van der Waals surface area contributed by atoms with Crippen LogP contribution in [-0.4, -0.2) is 71.9 Å². The van der Waals surface area contributed by atoms with Crippen molar-refractivity contribution >= 4 is 36.2 Å². The number of likely N-dealkylation sites (N-methyl/N-ethyl adjacent to an activating group) is 1. The van der Waals surface area contributed by atoms with Gasteiger partial charge in [-0.25, -0.2) is 4.79 Å². The van der Waals surface area contributed by atoms with Crippen LogP contribution in [0.25, 0.3) is 0 Å². The van der Waals surface area contributed by atoms with Gasteiger partial charge >= 0.3 is 13.2 Å². The molecule has 176 valence electrons. The zero-order valence-electron chi connectivity index (χ0n) is 20.3. The quantitative estimate of drug-likeness (QED) is 0.638. The highest BCUT2D eigenvalue weighted by Crippen LogP contribution is 2.37. The summed E-state index contributed by atoms with van der Waals surface area (Å²) in [4.78, 5) is 28.7. The second-order valence-corrected chi connectivity index (χ2v) is 11.0. The lowest BCUT2D eigenvalue weighted by atomic mass is 9.78. The number of hydrogen-bond acceptors (Lipinski definition) is 5. The Morgan fingerprint density at radius 1 is 1.19 bits per heavy atom. The molecule has 1 unspecified atom stereocenters. The zero-order chi connectivity index (χ0) is 24.1. The van der Waals surface area contributed by atoms with E-state index in [9.17, 15) is 9.59 Å². The minimum atomic E-state index is -0.591. The summed E-state index contributed by atoms with van der Waals surface area (Å²) in [7, 11) is 1.16. The molecule has 7 nitrogen and oxygen atoms in total. The molecule has 1 atom stereocenters. The first-order valence-electron chi connectivity index (χ1n) is 11.0. The van der Waals surface area contributed by atoms with E-state index < -0.39 is 23.9 Å². The summed E-state index contributed by atoms with van der Waals surface area (Å²) in [6.07, 6.45) is 0.344. The van der Waals surface area contributed by atoms with Crippen LogP contribution < -0.4 is 5.46 Å². The average molecular weight is 465 g/mol. The van der Waals surface area contributed by atoms with Gasteiger partial charge in [0.1, 0.15) is 5.60 Å². The number of halogens is 1. The second-order valence-electron chi connectivity index (χ2n) is 10.6. The molecule has 9 heteroatoms. The van der Waals surface area contributed by atoms with Crippen LogP contribution in [-0.2, 0) is 14.0 Å². The van der Waals surface area contributed by atoms with E-state index in [2.05, 4.69) is 0 Å². The highest BCUT2D eigenvalue weighted by atomic mass is 35.5. The molecule has 1 aromatic carbocycles. The number of carbonyl (C=O) groups excluding carboxylic acids is 2. The summed E-state index contributed by atoms with van der Waals surface area (Å²) >= 11 is 6.53. The molecule has 32 heavy (non-hydrogen) atoms. The Bertz CT molecular complexity index is 883. The van der Waals surface area contributed by atoms with Crippen LogP contribution in [0.4, 0.5) is 4.79 Å². The molecule has 3 rings (SSSR count). The number of rotatable bonds is 3. The Hall–Kier alpha value is -1.77. The summed E-state index contributed by atoms with van der Waals surface area (Å²) in [5, 5.41) is 0.421. The van der Waals surface area contributed by atoms with Gasteiger partial charge in [-0.1, -0.05) is 17.7 Å². The van der Waals surface area contributed by atoms with Gasteiger partial charge in [-0.15, -0.1) is 0 Å². The monoisotopic (exact) mass is 464 g/mol. The van der Waals surface area contributed by atoms with Crippen molar-refractivity contribution in [3.05, 3.63) is 28.8 Å². The van der Waals surface area contributed by atoms with Crippen LogP contribution >= 0.6 is 11.6 Å². The molecule has 2 aliphatic heterocycles. The lowest BCUT2D eigenvalue weighted by Crippen LogP contribution is -2.41. The predicted molar refractivity (Wildman–Crippen MR) is 125 cm³/mol. The Labute approximate surface area is 196 Å². The third kappa shape index (κ3) is 5.08. The molecule has 0 aliphatic carbocycles. The Morgan fingerprint density at radius 3 is 2.31 bits per heavy atom. The third-order valence-corrected chi connectivity index (χ3v) is 6.77. The molecule has 2 heterocycles. The maximum Gasteiger partial charge on any atom is 0.496 e. The van der Waals surface area contributed by atoms with Gasteiger partial charge < -0.3 is 23.8 Å². The van der Waals surface area contributed by atoms with Crippen LogP contribution in [0.2, 0.25) is 5.02 Å². The normalized spacial score (nSPS) is 22.2. The van der Waals surface area contributed by atoms with Crippen molar-refractivity contribution in [1.29, 1.82) is 0 Å². The standard InChI is InChI=1S/C23H34BClN2O5/c1-21(2,3)30-20(29)27-12-11-16(14-27)26(8)19(28)15-9-10-17(18(25)13-15)24-31-22(4,5)23(6,7)32-24/h9-10,13,16H,11-12,14H2,1-8H3. The molecule has 0 radical (unpaired) electrons. The molecule has 2 fully saturated rings. The van der Waals surface area contributed by atoms with E-state index in [0.29, 0.717) is 35.6 Å². The fourth-order valence-electron chi connectivity index (χ4n) is 3.74.